The Hall–Kier alpha value is 0.150. The highest BCUT2D eigenvalue weighted by atomic mass is 35.5. The SMILES string of the molecule is Cc1cc(S(=O)(=O)N2CCCC(CCN)C2)sc1Cl.Cl. The molecule has 1 aromatic heterocycles. The Morgan fingerprint density at radius 1 is 1.55 bits per heavy atom. The predicted molar refractivity (Wildman–Crippen MR) is 86.5 cm³/mol. The van der Waals surface area contributed by atoms with Crippen LogP contribution in [0, 0.1) is 12.8 Å². The van der Waals surface area contributed by atoms with Gasteiger partial charge in [-0.1, -0.05) is 11.6 Å². The third-order valence-corrected chi connectivity index (χ3v) is 7.35. The van der Waals surface area contributed by atoms with Crippen molar-refractivity contribution in [1.82, 2.24) is 4.31 Å². The number of hydrogen-bond acceptors (Lipinski definition) is 4. The molecule has 0 radical (unpaired) electrons. The largest absolute Gasteiger partial charge is 0.330 e. The molecule has 116 valence electrons. The molecule has 1 atom stereocenters. The van der Waals surface area contributed by atoms with Gasteiger partial charge in [0.05, 0.1) is 4.34 Å². The van der Waals surface area contributed by atoms with Crippen LogP contribution in [0.3, 0.4) is 0 Å². The van der Waals surface area contributed by atoms with Crippen molar-refractivity contribution >= 4 is 45.4 Å². The van der Waals surface area contributed by atoms with E-state index < -0.39 is 10.0 Å². The van der Waals surface area contributed by atoms with Crippen molar-refractivity contribution in [3.8, 4) is 0 Å². The lowest BCUT2D eigenvalue weighted by atomic mass is 9.96. The second-order valence-electron chi connectivity index (χ2n) is 4.97. The number of halogens is 2. The van der Waals surface area contributed by atoms with E-state index >= 15 is 0 Å². The normalized spacial score (nSPS) is 20.6. The van der Waals surface area contributed by atoms with E-state index in [0.717, 1.165) is 36.2 Å². The Balaban J connectivity index is 0.00000200. The summed E-state index contributed by atoms with van der Waals surface area (Å²) < 4.78 is 27.6. The Morgan fingerprint density at radius 3 is 2.80 bits per heavy atom. The maximum atomic E-state index is 12.5. The first-order chi connectivity index (χ1) is 8.95. The fraction of sp³-hybridized carbons (Fsp3) is 0.667. The molecule has 1 aliphatic rings. The van der Waals surface area contributed by atoms with E-state index in [9.17, 15) is 8.42 Å². The van der Waals surface area contributed by atoms with Gasteiger partial charge in [-0.3, -0.25) is 0 Å². The van der Waals surface area contributed by atoms with Crippen LogP contribution in [-0.2, 0) is 10.0 Å². The lowest BCUT2D eigenvalue weighted by Crippen LogP contribution is -2.40. The van der Waals surface area contributed by atoms with Gasteiger partial charge in [0.1, 0.15) is 4.21 Å². The number of nitrogens with zero attached hydrogens (tertiary/aromatic N) is 1. The highest BCUT2D eigenvalue weighted by Gasteiger charge is 2.31. The van der Waals surface area contributed by atoms with Gasteiger partial charge in [-0.2, -0.15) is 4.31 Å². The molecule has 8 heteroatoms. The molecule has 4 nitrogen and oxygen atoms in total. The molecule has 0 aromatic carbocycles. The molecule has 0 amide bonds. The Bertz CT molecular complexity index is 524. The van der Waals surface area contributed by atoms with E-state index in [2.05, 4.69) is 0 Å². The van der Waals surface area contributed by atoms with Gasteiger partial charge in [-0.25, -0.2) is 8.42 Å². The molecule has 1 aliphatic heterocycles. The third-order valence-electron chi connectivity index (χ3n) is 3.49. The van der Waals surface area contributed by atoms with Gasteiger partial charge < -0.3 is 5.73 Å². The van der Waals surface area contributed by atoms with Crippen molar-refractivity contribution in [2.45, 2.75) is 30.4 Å². The zero-order valence-electron chi connectivity index (χ0n) is 11.3. The van der Waals surface area contributed by atoms with Crippen molar-refractivity contribution in [3.05, 3.63) is 16.0 Å². The summed E-state index contributed by atoms with van der Waals surface area (Å²) in [6, 6.07) is 1.66. The molecule has 0 bridgehead atoms. The van der Waals surface area contributed by atoms with Crippen molar-refractivity contribution in [1.29, 1.82) is 0 Å². The van der Waals surface area contributed by atoms with Gasteiger partial charge in [0.2, 0.25) is 0 Å². The van der Waals surface area contributed by atoms with Crippen LogP contribution in [0.1, 0.15) is 24.8 Å². The molecular weight excluding hydrogens is 339 g/mol. The number of piperidine rings is 1. The van der Waals surface area contributed by atoms with Gasteiger partial charge in [-0.05, 0) is 50.3 Å². The van der Waals surface area contributed by atoms with Gasteiger partial charge in [0.15, 0.2) is 0 Å². The highest BCUT2D eigenvalue weighted by molar-refractivity contribution is 7.91. The Morgan fingerprint density at radius 2 is 2.25 bits per heavy atom. The van der Waals surface area contributed by atoms with Crippen LogP contribution in [0.4, 0.5) is 0 Å². The van der Waals surface area contributed by atoms with Crippen molar-refractivity contribution < 1.29 is 8.42 Å². The van der Waals surface area contributed by atoms with Gasteiger partial charge >= 0.3 is 0 Å². The second-order valence-corrected chi connectivity index (χ2v) is 8.79. The lowest BCUT2D eigenvalue weighted by molar-refractivity contribution is 0.258. The molecule has 1 aromatic rings. The van der Waals surface area contributed by atoms with E-state index in [1.807, 2.05) is 6.92 Å². The van der Waals surface area contributed by atoms with Gasteiger partial charge in [-0.15, -0.1) is 23.7 Å². The lowest BCUT2D eigenvalue weighted by Gasteiger charge is -2.31. The number of sulfonamides is 1. The number of hydrogen-bond donors (Lipinski definition) is 1. The van der Waals surface area contributed by atoms with Crippen LogP contribution in [-0.4, -0.2) is 32.4 Å². The van der Waals surface area contributed by atoms with Crippen LogP contribution < -0.4 is 5.73 Å². The summed E-state index contributed by atoms with van der Waals surface area (Å²) in [7, 11) is -3.39. The van der Waals surface area contributed by atoms with E-state index in [1.165, 1.54) is 0 Å². The monoisotopic (exact) mass is 358 g/mol. The highest BCUT2D eigenvalue weighted by Crippen LogP contribution is 2.33. The second kappa shape index (κ2) is 7.42. The minimum absolute atomic E-state index is 0. The fourth-order valence-electron chi connectivity index (χ4n) is 2.40. The third kappa shape index (κ3) is 3.87. The summed E-state index contributed by atoms with van der Waals surface area (Å²) in [5, 5.41) is 0. The standard InChI is InChI=1S/C12H19ClN2O2S2.ClH/c1-9-7-11(18-12(9)13)19(16,17)15-6-2-3-10(8-15)4-5-14;/h7,10H,2-6,8,14H2,1H3;1H. The van der Waals surface area contributed by atoms with Gasteiger partial charge in [0, 0.05) is 13.1 Å². The van der Waals surface area contributed by atoms with Crippen molar-refractivity contribution in [2.24, 2.45) is 11.7 Å². The molecule has 1 unspecified atom stereocenters. The predicted octanol–water partition coefficient (Wildman–Crippen LogP) is 2.88. The van der Waals surface area contributed by atoms with Crippen molar-refractivity contribution in [3.63, 3.8) is 0 Å². The quantitative estimate of drug-likeness (QED) is 0.899. The van der Waals surface area contributed by atoms with Gasteiger partial charge in [0.25, 0.3) is 10.0 Å². The summed E-state index contributed by atoms with van der Waals surface area (Å²) in [5.41, 5.74) is 6.38. The summed E-state index contributed by atoms with van der Waals surface area (Å²) in [4.78, 5) is 0. The van der Waals surface area contributed by atoms with Crippen molar-refractivity contribution in [2.75, 3.05) is 19.6 Å². The van der Waals surface area contributed by atoms with E-state index in [-0.39, 0.29) is 12.4 Å². The minimum atomic E-state index is -3.39. The van der Waals surface area contributed by atoms with Crippen LogP contribution in [0.5, 0.6) is 0 Å². The molecule has 1 fully saturated rings. The summed E-state index contributed by atoms with van der Waals surface area (Å²) in [5.74, 6) is 0.380. The Labute approximate surface area is 135 Å². The van der Waals surface area contributed by atoms with Crippen LogP contribution in [0.25, 0.3) is 0 Å². The molecular formula is C12H20Cl2N2O2S2. The maximum absolute atomic E-state index is 12.5. The molecule has 0 aliphatic carbocycles. The Kier molecular flexibility index (Phi) is 6.76. The molecule has 2 rings (SSSR count). The average molecular weight is 359 g/mol. The molecule has 20 heavy (non-hydrogen) atoms. The van der Waals surface area contributed by atoms with E-state index in [0.29, 0.717) is 34.1 Å². The maximum Gasteiger partial charge on any atom is 0.252 e. The van der Waals surface area contributed by atoms with Crippen LogP contribution >= 0.6 is 35.3 Å². The molecule has 0 spiro atoms. The molecule has 0 saturated carbocycles. The first-order valence-corrected chi connectivity index (χ1v) is 9.04. The molecule has 1 saturated heterocycles. The zero-order valence-corrected chi connectivity index (χ0v) is 14.5. The van der Waals surface area contributed by atoms with Crippen LogP contribution in [0.15, 0.2) is 10.3 Å². The number of aryl methyl sites for hydroxylation is 1. The zero-order chi connectivity index (χ0) is 14.0. The average Bonchev–Trinajstić information content (AvgIpc) is 2.71. The first-order valence-electron chi connectivity index (χ1n) is 6.41. The van der Waals surface area contributed by atoms with Crippen LogP contribution in [0.2, 0.25) is 4.34 Å². The molecule has 2 heterocycles. The summed E-state index contributed by atoms with van der Waals surface area (Å²) in [6.07, 6.45) is 2.85. The molecule has 2 N–H and O–H groups in total. The smallest absolute Gasteiger partial charge is 0.252 e. The fourth-order valence-corrected chi connectivity index (χ4v) is 5.82. The number of nitrogens with two attached hydrogens (primary N) is 1. The minimum Gasteiger partial charge on any atom is -0.330 e. The summed E-state index contributed by atoms with van der Waals surface area (Å²) >= 11 is 7.11. The first kappa shape index (κ1) is 18.2. The van der Waals surface area contributed by atoms with E-state index in [1.54, 1.807) is 10.4 Å². The van der Waals surface area contributed by atoms with E-state index in [4.69, 9.17) is 17.3 Å². The number of rotatable bonds is 4. The summed E-state index contributed by atoms with van der Waals surface area (Å²) in [6.45, 7) is 3.61. The number of thiophene rings is 1. The topological polar surface area (TPSA) is 63.4 Å².